The van der Waals surface area contributed by atoms with Gasteiger partial charge in [-0.15, -0.1) is 22.7 Å². The summed E-state index contributed by atoms with van der Waals surface area (Å²) in [5.41, 5.74) is 0. The minimum Gasteiger partial charge on any atom is -0.334 e. The van der Waals surface area contributed by atoms with Crippen molar-refractivity contribution in [3.63, 3.8) is 0 Å². The van der Waals surface area contributed by atoms with Gasteiger partial charge in [-0.1, -0.05) is 11.6 Å². The molecule has 0 saturated carbocycles. The molecule has 196 valence electrons. The van der Waals surface area contributed by atoms with E-state index in [2.05, 4.69) is 9.62 Å². The van der Waals surface area contributed by atoms with E-state index in [1.54, 1.807) is 28.0 Å². The van der Waals surface area contributed by atoms with Crippen LogP contribution < -0.4 is 4.72 Å². The van der Waals surface area contributed by atoms with Crippen LogP contribution in [-0.4, -0.2) is 86.8 Å². The van der Waals surface area contributed by atoms with Crippen LogP contribution in [0.5, 0.6) is 0 Å². The van der Waals surface area contributed by atoms with Gasteiger partial charge in [0, 0.05) is 48.5 Å². The Labute approximate surface area is 225 Å². The van der Waals surface area contributed by atoms with Crippen LogP contribution in [0.2, 0.25) is 4.34 Å². The molecule has 3 aliphatic rings. The maximum Gasteiger partial charge on any atom is 0.312 e. The summed E-state index contributed by atoms with van der Waals surface area (Å²) in [4.78, 5) is 33.6. The lowest BCUT2D eigenvalue weighted by molar-refractivity contribution is -0.152. The van der Waals surface area contributed by atoms with Gasteiger partial charge < -0.3 is 14.7 Å². The third kappa shape index (κ3) is 5.81. The van der Waals surface area contributed by atoms with Crippen molar-refractivity contribution >= 4 is 56.1 Å². The number of hydrogen-bond acceptors (Lipinski definition) is 7. The zero-order valence-corrected chi connectivity index (χ0v) is 23.2. The first-order valence-electron chi connectivity index (χ1n) is 12.5. The van der Waals surface area contributed by atoms with E-state index in [1.807, 2.05) is 6.07 Å². The Balaban J connectivity index is 1.13. The Kier molecular flexibility index (Phi) is 8.04. The summed E-state index contributed by atoms with van der Waals surface area (Å²) < 4.78 is 29.3. The lowest BCUT2D eigenvalue weighted by Crippen LogP contribution is -2.49. The summed E-state index contributed by atoms with van der Waals surface area (Å²) in [6.07, 6.45) is 4.96. The van der Waals surface area contributed by atoms with Crippen LogP contribution in [0.25, 0.3) is 9.75 Å². The highest BCUT2D eigenvalue weighted by Gasteiger charge is 2.38. The van der Waals surface area contributed by atoms with E-state index in [4.69, 9.17) is 11.6 Å². The standard InChI is InChI=1S/C24H31ClN4O4S3/c25-21-7-5-19(34-21)20-6-8-22(35-20)36(32,33)26-14-17-9-13-28(15-17)23(30)24(31)29-12-3-4-18(29)16-27-10-1-2-11-27/h5-8,17-18,26H,1-4,9-16H2/t17-,18+/m1/s1. The molecule has 2 atom stereocenters. The molecule has 3 aliphatic heterocycles. The molecule has 1 N–H and O–H groups in total. The van der Waals surface area contributed by atoms with Gasteiger partial charge in [0.25, 0.3) is 0 Å². The number of nitrogens with zero attached hydrogens (tertiary/aromatic N) is 3. The molecule has 36 heavy (non-hydrogen) atoms. The number of sulfonamides is 1. The second kappa shape index (κ2) is 11.1. The molecule has 0 unspecified atom stereocenters. The average molecular weight is 571 g/mol. The van der Waals surface area contributed by atoms with E-state index in [1.165, 1.54) is 35.5 Å². The Morgan fingerprint density at radius 1 is 0.944 bits per heavy atom. The van der Waals surface area contributed by atoms with E-state index >= 15 is 0 Å². The van der Waals surface area contributed by atoms with Gasteiger partial charge in [0.05, 0.1) is 4.34 Å². The number of amides is 2. The van der Waals surface area contributed by atoms with Crippen molar-refractivity contribution in [2.24, 2.45) is 5.92 Å². The van der Waals surface area contributed by atoms with E-state index in [-0.39, 0.29) is 22.7 Å². The molecule has 8 nitrogen and oxygen atoms in total. The van der Waals surface area contributed by atoms with Gasteiger partial charge in [0.1, 0.15) is 4.21 Å². The lowest BCUT2D eigenvalue weighted by atomic mass is 10.1. The highest BCUT2D eigenvalue weighted by molar-refractivity contribution is 7.91. The maximum absolute atomic E-state index is 13.0. The van der Waals surface area contributed by atoms with Crippen LogP contribution in [0.1, 0.15) is 32.1 Å². The fourth-order valence-corrected chi connectivity index (χ4v) is 8.94. The number of rotatable bonds is 7. The van der Waals surface area contributed by atoms with Crippen molar-refractivity contribution in [1.82, 2.24) is 19.4 Å². The number of carbonyl (C=O) groups is 2. The summed E-state index contributed by atoms with van der Waals surface area (Å²) in [7, 11) is -3.66. The molecule has 3 fully saturated rings. The SMILES string of the molecule is O=C(C(=O)N1CCC[C@H]1CN1CCCC1)N1CC[C@H](CNS(=O)(=O)c2ccc(-c3ccc(Cl)s3)s2)C1. The number of thiophene rings is 2. The average Bonchev–Trinajstić information content (AvgIpc) is 3.67. The fourth-order valence-electron chi connectivity index (χ4n) is 5.34. The van der Waals surface area contributed by atoms with Gasteiger partial charge in [-0.25, -0.2) is 13.1 Å². The van der Waals surface area contributed by atoms with Crippen molar-refractivity contribution in [2.75, 3.05) is 45.8 Å². The van der Waals surface area contributed by atoms with Gasteiger partial charge in [0.15, 0.2) is 0 Å². The number of likely N-dealkylation sites (tertiary alicyclic amines) is 3. The Morgan fingerprint density at radius 3 is 2.44 bits per heavy atom. The predicted octanol–water partition coefficient (Wildman–Crippen LogP) is 3.34. The Morgan fingerprint density at radius 2 is 1.69 bits per heavy atom. The molecule has 0 aliphatic carbocycles. The zero-order chi connectivity index (χ0) is 25.3. The topological polar surface area (TPSA) is 90.0 Å². The second-order valence-electron chi connectivity index (χ2n) is 9.78. The van der Waals surface area contributed by atoms with Crippen LogP contribution in [0, 0.1) is 5.92 Å². The minimum absolute atomic E-state index is 0.0222. The summed E-state index contributed by atoms with van der Waals surface area (Å²) in [6, 6.07) is 7.19. The molecule has 5 rings (SSSR count). The molecular formula is C24H31ClN4O4S3. The maximum atomic E-state index is 13.0. The van der Waals surface area contributed by atoms with Crippen LogP contribution >= 0.6 is 34.3 Å². The van der Waals surface area contributed by atoms with E-state index in [0.717, 1.165) is 42.2 Å². The first-order valence-corrected chi connectivity index (χ1v) is 16.0. The molecule has 3 saturated heterocycles. The lowest BCUT2D eigenvalue weighted by Gasteiger charge is -2.29. The molecule has 2 aromatic rings. The van der Waals surface area contributed by atoms with Crippen LogP contribution in [0.4, 0.5) is 0 Å². The van der Waals surface area contributed by atoms with Gasteiger partial charge in [-0.3, -0.25) is 9.59 Å². The quantitative estimate of drug-likeness (QED) is 0.516. The first-order chi connectivity index (χ1) is 17.3. The fraction of sp³-hybridized carbons (Fsp3) is 0.583. The van der Waals surface area contributed by atoms with Crippen molar-refractivity contribution in [3.05, 3.63) is 28.6 Å². The molecule has 0 aromatic carbocycles. The van der Waals surface area contributed by atoms with Crippen molar-refractivity contribution in [3.8, 4) is 9.75 Å². The zero-order valence-electron chi connectivity index (χ0n) is 20.0. The van der Waals surface area contributed by atoms with Crippen molar-refractivity contribution < 1.29 is 18.0 Å². The molecular weight excluding hydrogens is 540 g/mol. The normalized spacial score (nSPS) is 23.1. The van der Waals surface area contributed by atoms with Gasteiger partial charge in [0.2, 0.25) is 10.0 Å². The van der Waals surface area contributed by atoms with E-state index < -0.39 is 21.8 Å². The largest absolute Gasteiger partial charge is 0.334 e. The molecule has 2 amide bonds. The summed E-state index contributed by atoms with van der Waals surface area (Å²) in [6.45, 7) is 4.75. The third-order valence-electron chi connectivity index (χ3n) is 7.29. The molecule has 0 radical (unpaired) electrons. The number of halogens is 1. The summed E-state index contributed by atoms with van der Waals surface area (Å²) in [5.74, 6) is -0.880. The first kappa shape index (κ1) is 26.1. The highest BCUT2D eigenvalue weighted by atomic mass is 35.5. The second-order valence-corrected chi connectivity index (χ2v) is 14.6. The molecule has 0 spiro atoms. The summed E-state index contributed by atoms with van der Waals surface area (Å²) in [5, 5.41) is 0. The summed E-state index contributed by atoms with van der Waals surface area (Å²) >= 11 is 8.62. The number of carbonyl (C=O) groups excluding carboxylic acids is 2. The van der Waals surface area contributed by atoms with E-state index in [9.17, 15) is 18.0 Å². The molecule has 0 bridgehead atoms. The third-order valence-corrected chi connectivity index (χ3v) is 11.7. The predicted molar refractivity (Wildman–Crippen MR) is 143 cm³/mol. The highest BCUT2D eigenvalue weighted by Crippen LogP contribution is 2.36. The monoisotopic (exact) mass is 570 g/mol. The van der Waals surface area contributed by atoms with Crippen LogP contribution in [0.15, 0.2) is 28.5 Å². The van der Waals surface area contributed by atoms with E-state index in [0.29, 0.717) is 30.4 Å². The molecule has 2 aromatic heterocycles. The Bertz CT molecular complexity index is 1210. The van der Waals surface area contributed by atoms with Crippen molar-refractivity contribution in [2.45, 2.75) is 42.4 Å². The minimum atomic E-state index is -3.66. The van der Waals surface area contributed by atoms with Gasteiger partial charge in [-0.2, -0.15) is 0 Å². The van der Waals surface area contributed by atoms with Crippen LogP contribution in [-0.2, 0) is 19.6 Å². The number of hydrogen-bond donors (Lipinski definition) is 1. The molecule has 12 heteroatoms. The smallest absolute Gasteiger partial charge is 0.312 e. The number of nitrogens with one attached hydrogen (secondary N) is 1. The van der Waals surface area contributed by atoms with Crippen molar-refractivity contribution in [1.29, 1.82) is 0 Å². The Hall–Kier alpha value is -1.50. The van der Waals surface area contributed by atoms with Crippen LogP contribution in [0.3, 0.4) is 0 Å². The molecule has 5 heterocycles. The van der Waals surface area contributed by atoms with Gasteiger partial charge >= 0.3 is 11.8 Å². The van der Waals surface area contributed by atoms with Gasteiger partial charge in [-0.05, 0) is 75.4 Å².